The Morgan fingerprint density at radius 1 is 1.29 bits per heavy atom. The van der Waals surface area contributed by atoms with Crippen LogP contribution in [-0.2, 0) is 17.6 Å². The number of hydrogen-bond acceptors (Lipinski definition) is 8. The van der Waals surface area contributed by atoms with Gasteiger partial charge in [0.25, 0.3) is 11.5 Å². The largest absolute Gasteiger partial charge is 0.506 e. The van der Waals surface area contributed by atoms with E-state index in [0.717, 1.165) is 29.3 Å². The number of phenolic OH excluding ortho intramolecular Hbond substituents is 1. The molecule has 196 valence electrons. The van der Waals surface area contributed by atoms with Gasteiger partial charge in [-0.3, -0.25) is 14.2 Å². The fraction of sp³-hybridized carbons (Fsp3) is 0.231. The Hall–Kier alpha value is -2.67. The van der Waals surface area contributed by atoms with E-state index in [-0.39, 0.29) is 23.0 Å². The number of carbonyl (C=O) groups excluding carboxylic acids is 1. The van der Waals surface area contributed by atoms with Crippen LogP contribution in [0.2, 0.25) is 0 Å². The summed E-state index contributed by atoms with van der Waals surface area (Å²) in [4.78, 5) is 33.1. The van der Waals surface area contributed by atoms with Gasteiger partial charge in [-0.1, -0.05) is 27.7 Å². The van der Waals surface area contributed by atoms with Gasteiger partial charge in [-0.25, -0.2) is 10.4 Å². The van der Waals surface area contributed by atoms with Gasteiger partial charge in [0.1, 0.15) is 16.3 Å². The lowest BCUT2D eigenvalue weighted by atomic mass is 10.2. The van der Waals surface area contributed by atoms with E-state index in [1.54, 1.807) is 28.0 Å². The first kappa shape index (κ1) is 26.9. The van der Waals surface area contributed by atoms with Crippen molar-refractivity contribution in [3.05, 3.63) is 71.7 Å². The SMILES string of the molecule is CCOc1ccc(-n2c(SCC(=O)N/N=C/c3cc(Br)cc(Br)c3O)nc3sc4c(c3c2=O)CCC4)cc1. The third kappa shape index (κ3) is 5.54. The molecule has 0 radical (unpaired) electrons. The summed E-state index contributed by atoms with van der Waals surface area (Å²) < 4.78 is 8.37. The zero-order valence-corrected chi connectivity index (χ0v) is 25.0. The number of fused-ring (bicyclic) bond motifs is 3. The molecule has 2 heterocycles. The van der Waals surface area contributed by atoms with Gasteiger partial charge in [-0.05, 0) is 84.1 Å². The molecule has 2 aromatic carbocycles. The normalized spacial score (nSPS) is 12.8. The number of nitrogens with one attached hydrogen (secondary N) is 1. The predicted octanol–water partition coefficient (Wildman–Crippen LogP) is 5.81. The van der Waals surface area contributed by atoms with E-state index in [9.17, 15) is 14.7 Å². The molecule has 0 spiro atoms. The van der Waals surface area contributed by atoms with E-state index >= 15 is 0 Å². The van der Waals surface area contributed by atoms with Crippen molar-refractivity contribution in [1.82, 2.24) is 15.0 Å². The first-order valence-corrected chi connectivity index (χ1v) is 15.2. The molecule has 0 saturated carbocycles. The van der Waals surface area contributed by atoms with Gasteiger partial charge < -0.3 is 9.84 Å². The Bertz CT molecular complexity index is 1620. The van der Waals surface area contributed by atoms with Crippen LogP contribution >= 0.6 is 55.0 Å². The molecule has 2 aromatic heterocycles. The zero-order valence-electron chi connectivity index (χ0n) is 20.2. The van der Waals surface area contributed by atoms with Crippen LogP contribution in [0.15, 0.2) is 60.4 Å². The summed E-state index contributed by atoms with van der Waals surface area (Å²) in [6.45, 7) is 2.46. The monoisotopic (exact) mass is 676 g/mol. The van der Waals surface area contributed by atoms with Crippen LogP contribution in [0.25, 0.3) is 15.9 Å². The minimum Gasteiger partial charge on any atom is -0.506 e. The topological polar surface area (TPSA) is 106 Å². The van der Waals surface area contributed by atoms with E-state index < -0.39 is 0 Å². The summed E-state index contributed by atoms with van der Waals surface area (Å²) in [5.74, 6) is 0.344. The highest BCUT2D eigenvalue weighted by Crippen LogP contribution is 2.36. The van der Waals surface area contributed by atoms with Gasteiger partial charge >= 0.3 is 0 Å². The van der Waals surface area contributed by atoms with Gasteiger partial charge in [-0.15, -0.1) is 11.3 Å². The average Bonchev–Trinajstić information content (AvgIpc) is 3.48. The molecule has 1 aliphatic carbocycles. The highest BCUT2D eigenvalue weighted by molar-refractivity contribution is 9.11. The molecule has 4 aromatic rings. The summed E-state index contributed by atoms with van der Waals surface area (Å²) in [7, 11) is 0. The summed E-state index contributed by atoms with van der Waals surface area (Å²) in [5, 5.41) is 15.2. The third-order valence-electron chi connectivity index (χ3n) is 5.90. The lowest BCUT2D eigenvalue weighted by Crippen LogP contribution is -2.24. The maximum absolute atomic E-state index is 13.8. The Labute approximate surface area is 243 Å². The van der Waals surface area contributed by atoms with E-state index in [2.05, 4.69) is 42.4 Å². The summed E-state index contributed by atoms with van der Waals surface area (Å²) in [6.07, 6.45) is 4.25. The second-order valence-electron chi connectivity index (χ2n) is 8.41. The minimum atomic E-state index is -0.374. The van der Waals surface area contributed by atoms with Crippen LogP contribution in [-0.4, -0.2) is 39.1 Å². The molecular weight excluding hydrogens is 656 g/mol. The van der Waals surface area contributed by atoms with Crippen molar-refractivity contribution in [1.29, 1.82) is 0 Å². The smallest absolute Gasteiger partial charge is 0.267 e. The Morgan fingerprint density at radius 3 is 2.84 bits per heavy atom. The zero-order chi connectivity index (χ0) is 26.8. The van der Waals surface area contributed by atoms with E-state index in [4.69, 9.17) is 9.72 Å². The average molecular weight is 678 g/mol. The van der Waals surface area contributed by atoms with Gasteiger partial charge in [-0.2, -0.15) is 5.10 Å². The predicted molar refractivity (Wildman–Crippen MR) is 158 cm³/mol. The number of aromatic hydroxyl groups is 1. The van der Waals surface area contributed by atoms with Crippen LogP contribution in [0.3, 0.4) is 0 Å². The molecule has 38 heavy (non-hydrogen) atoms. The summed E-state index contributed by atoms with van der Waals surface area (Å²) in [6, 6.07) is 10.7. The van der Waals surface area contributed by atoms with E-state index in [1.807, 2.05) is 31.2 Å². The summed E-state index contributed by atoms with van der Waals surface area (Å²) >= 11 is 9.36. The number of hydrazone groups is 1. The molecule has 1 amide bonds. The van der Waals surface area contributed by atoms with Crippen LogP contribution in [0.1, 0.15) is 29.3 Å². The number of phenols is 1. The third-order valence-corrected chi connectivity index (χ3v) is 9.08. The Morgan fingerprint density at radius 2 is 2.08 bits per heavy atom. The van der Waals surface area contributed by atoms with Gasteiger partial charge in [0.05, 0.1) is 34.1 Å². The van der Waals surface area contributed by atoms with E-state index in [1.165, 1.54) is 22.9 Å². The number of aromatic nitrogens is 2. The quantitative estimate of drug-likeness (QED) is 0.106. The molecule has 0 fully saturated rings. The fourth-order valence-electron chi connectivity index (χ4n) is 4.23. The van der Waals surface area contributed by atoms with Crippen LogP contribution in [0.4, 0.5) is 0 Å². The Kier molecular flexibility index (Phi) is 8.22. The van der Waals surface area contributed by atoms with Crippen LogP contribution in [0, 0.1) is 0 Å². The lowest BCUT2D eigenvalue weighted by molar-refractivity contribution is -0.118. The number of thiophene rings is 1. The second kappa shape index (κ2) is 11.6. The summed E-state index contributed by atoms with van der Waals surface area (Å²) in [5.41, 5.74) is 4.53. The first-order valence-electron chi connectivity index (χ1n) is 11.8. The first-order chi connectivity index (χ1) is 18.4. The van der Waals surface area contributed by atoms with Crippen molar-refractivity contribution in [2.75, 3.05) is 12.4 Å². The standard InChI is InChI=1S/C26H22Br2N4O4S2/c1-2-36-17-8-6-16(7-9-17)32-25(35)22-18-4-3-5-20(18)38-24(22)30-26(32)37-13-21(33)31-29-12-14-10-15(27)11-19(28)23(14)34/h6-12,34H,2-5,13H2,1H3,(H,31,33)/b29-12+. The molecule has 0 saturated heterocycles. The number of carbonyl (C=O) groups is 1. The van der Waals surface area contributed by atoms with Gasteiger partial charge in [0, 0.05) is 14.9 Å². The van der Waals surface area contributed by atoms with E-state index in [0.29, 0.717) is 43.5 Å². The van der Waals surface area contributed by atoms with Crippen molar-refractivity contribution in [2.45, 2.75) is 31.3 Å². The molecule has 0 aliphatic heterocycles. The number of thioether (sulfide) groups is 1. The number of nitrogens with zero attached hydrogens (tertiary/aromatic N) is 3. The van der Waals surface area contributed by atoms with Crippen molar-refractivity contribution in [2.24, 2.45) is 5.10 Å². The number of aryl methyl sites for hydroxylation is 2. The molecule has 2 N–H and O–H groups in total. The van der Waals surface area contributed by atoms with Gasteiger partial charge in [0.2, 0.25) is 0 Å². The fourth-order valence-corrected chi connectivity index (χ4v) is 7.59. The molecule has 8 nitrogen and oxygen atoms in total. The molecular formula is C26H22Br2N4O4S2. The Balaban J connectivity index is 1.41. The molecule has 12 heteroatoms. The highest BCUT2D eigenvalue weighted by Gasteiger charge is 2.24. The molecule has 1 aliphatic rings. The van der Waals surface area contributed by atoms with Crippen molar-refractivity contribution < 1.29 is 14.6 Å². The number of ether oxygens (including phenoxy) is 1. The maximum atomic E-state index is 13.8. The second-order valence-corrected chi connectivity index (χ2v) is 12.2. The molecule has 0 unspecified atom stereocenters. The van der Waals surface area contributed by atoms with Crippen molar-refractivity contribution in [3.63, 3.8) is 0 Å². The highest BCUT2D eigenvalue weighted by atomic mass is 79.9. The number of hydrogen-bond donors (Lipinski definition) is 2. The van der Waals surface area contributed by atoms with Crippen molar-refractivity contribution in [3.8, 4) is 17.2 Å². The number of amides is 1. The van der Waals surface area contributed by atoms with Crippen molar-refractivity contribution >= 4 is 77.3 Å². The van der Waals surface area contributed by atoms with Crippen LogP contribution < -0.4 is 15.7 Å². The maximum Gasteiger partial charge on any atom is 0.267 e. The molecule has 5 rings (SSSR count). The van der Waals surface area contributed by atoms with Gasteiger partial charge in [0.15, 0.2) is 5.16 Å². The molecule has 0 bridgehead atoms. The van der Waals surface area contributed by atoms with Crippen LogP contribution in [0.5, 0.6) is 11.5 Å². The number of benzene rings is 2. The number of halogens is 2. The molecule has 0 atom stereocenters. The minimum absolute atomic E-state index is 0.00837. The lowest BCUT2D eigenvalue weighted by Gasteiger charge is -2.13. The number of rotatable bonds is 8.